The third-order valence-electron chi connectivity index (χ3n) is 4.92. The summed E-state index contributed by atoms with van der Waals surface area (Å²) >= 11 is 0. The molecule has 1 fully saturated rings. The summed E-state index contributed by atoms with van der Waals surface area (Å²) < 4.78 is 39.9. The Morgan fingerprint density at radius 1 is 1.12 bits per heavy atom. The van der Waals surface area contributed by atoms with Gasteiger partial charge in [0.1, 0.15) is 0 Å². The Labute approximate surface area is 150 Å². The second kappa shape index (κ2) is 7.97. The molecule has 0 radical (unpaired) electrons. The van der Waals surface area contributed by atoms with Crippen molar-refractivity contribution >= 4 is 23.3 Å². The summed E-state index contributed by atoms with van der Waals surface area (Å²) in [6, 6.07) is 2.54. The lowest BCUT2D eigenvalue weighted by Crippen LogP contribution is -2.45. The highest BCUT2D eigenvalue weighted by atomic mass is 19.4. The number of nitrogens with one attached hydrogen (secondary N) is 3. The van der Waals surface area contributed by atoms with Crippen molar-refractivity contribution in [2.24, 2.45) is 11.8 Å². The normalized spacial score (nSPS) is 23.2. The lowest BCUT2D eigenvalue weighted by molar-refractivity contribution is -0.137. The highest BCUT2D eigenvalue weighted by Crippen LogP contribution is 2.37. The molecule has 8 heteroatoms. The van der Waals surface area contributed by atoms with Crippen LogP contribution in [0.3, 0.4) is 0 Å². The van der Waals surface area contributed by atoms with Gasteiger partial charge in [-0.1, -0.05) is 26.7 Å². The van der Waals surface area contributed by atoms with Crippen LogP contribution in [0, 0.1) is 11.8 Å². The van der Waals surface area contributed by atoms with Crippen LogP contribution in [0.2, 0.25) is 0 Å². The highest BCUT2D eigenvalue weighted by Gasteiger charge is 2.35. The summed E-state index contributed by atoms with van der Waals surface area (Å²) in [5.41, 5.74) is -1.34. The molecule has 0 aromatic heterocycles. The van der Waals surface area contributed by atoms with Crippen molar-refractivity contribution in [2.45, 2.75) is 52.3 Å². The fraction of sp³-hybridized carbons (Fsp3) is 0.556. The molecule has 0 bridgehead atoms. The number of hydrogen-bond donors (Lipinski definition) is 3. The number of benzene rings is 1. The summed E-state index contributed by atoms with van der Waals surface area (Å²) in [7, 11) is 0. The van der Waals surface area contributed by atoms with Crippen LogP contribution in [0.5, 0.6) is 0 Å². The first-order chi connectivity index (χ1) is 12.1. The molecule has 5 nitrogen and oxygen atoms in total. The first-order valence-electron chi connectivity index (χ1n) is 8.64. The lowest BCUT2D eigenvalue weighted by atomic mass is 9.78. The summed E-state index contributed by atoms with van der Waals surface area (Å²) in [4.78, 5) is 23.3. The molecule has 1 aliphatic carbocycles. The zero-order valence-electron chi connectivity index (χ0n) is 15.0. The quantitative estimate of drug-likeness (QED) is 0.726. The molecule has 3 amide bonds. The number of rotatable bonds is 3. The zero-order chi connectivity index (χ0) is 19.5. The monoisotopic (exact) mass is 371 g/mol. The largest absolute Gasteiger partial charge is 0.418 e. The average molecular weight is 371 g/mol. The molecule has 3 atom stereocenters. The minimum atomic E-state index is -4.66. The van der Waals surface area contributed by atoms with Gasteiger partial charge in [0.05, 0.1) is 11.3 Å². The van der Waals surface area contributed by atoms with Gasteiger partial charge < -0.3 is 16.0 Å². The summed E-state index contributed by atoms with van der Waals surface area (Å²) in [5.74, 6) is 0.243. The SMILES string of the molecule is CC(=O)Nc1ccc(NC(=O)N[C@@H]2CCC[C@@H](C)[C@H]2C)c(C(F)(F)F)c1. The van der Waals surface area contributed by atoms with Crippen molar-refractivity contribution in [2.75, 3.05) is 10.6 Å². The number of alkyl halides is 3. The fourth-order valence-electron chi connectivity index (χ4n) is 3.28. The van der Waals surface area contributed by atoms with E-state index in [9.17, 15) is 22.8 Å². The Kier molecular flexibility index (Phi) is 6.15. The van der Waals surface area contributed by atoms with Crippen LogP contribution >= 0.6 is 0 Å². The molecule has 1 aliphatic rings. The van der Waals surface area contributed by atoms with Crippen LogP contribution in [-0.2, 0) is 11.0 Å². The van der Waals surface area contributed by atoms with Crippen LogP contribution < -0.4 is 16.0 Å². The van der Waals surface area contributed by atoms with Gasteiger partial charge in [0.25, 0.3) is 0 Å². The van der Waals surface area contributed by atoms with Crippen molar-refractivity contribution < 1.29 is 22.8 Å². The fourth-order valence-corrected chi connectivity index (χ4v) is 3.28. The van der Waals surface area contributed by atoms with E-state index in [0.29, 0.717) is 5.92 Å². The Morgan fingerprint density at radius 2 is 1.81 bits per heavy atom. The van der Waals surface area contributed by atoms with E-state index in [1.54, 1.807) is 0 Å². The van der Waals surface area contributed by atoms with Crippen LogP contribution in [0.1, 0.15) is 45.6 Å². The number of hydrogen-bond acceptors (Lipinski definition) is 2. The molecule has 2 rings (SSSR count). The zero-order valence-corrected chi connectivity index (χ0v) is 15.0. The second-order valence-electron chi connectivity index (χ2n) is 6.91. The van der Waals surface area contributed by atoms with Gasteiger partial charge in [0.2, 0.25) is 5.91 Å². The Hall–Kier alpha value is -2.25. The molecular formula is C18H24F3N3O2. The molecule has 0 aliphatic heterocycles. The minimum Gasteiger partial charge on any atom is -0.335 e. The summed E-state index contributed by atoms with van der Waals surface area (Å²) in [6.45, 7) is 5.36. The summed E-state index contributed by atoms with van der Waals surface area (Å²) in [6.07, 6.45) is -1.78. The summed E-state index contributed by atoms with van der Waals surface area (Å²) in [5, 5.41) is 7.39. The van der Waals surface area contributed by atoms with E-state index in [0.717, 1.165) is 31.4 Å². The van der Waals surface area contributed by atoms with Gasteiger partial charge in [0.15, 0.2) is 0 Å². The molecule has 1 aromatic carbocycles. The van der Waals surface area contributed by atoms with E-state index in [1.807, 2.05) is 6.92 Å². The number of amides is 3. The second-order valence-corrected chi connectivity index (χ2v) is 6.91. The van der Waals surface area contributed by atoms with Crippen molar-refractivity contribution in [3.05, 3.63) is 23.8 Å². The Bertz CT molecular complexity index is 676. The molecule has 0 unspecified atom stereocenters. The minimum absolute atomic E-state index is 0.0190. The van der Waals surface area contributed by atoms with Crippen LogP contribution in [0.25, 0.3) is 0 Å². The predicted octanol–water partition coefficient (Wildman–Crippen LogP) is 4.61. The lowest BCUT2D eigenvalue weighted by Gasteiger charge is -2.34. The maximum Gasteiger partial charge on any atom is 0.418 e. The number of urea groups is 1. The molecule has 1 aromatic rings. The molecular weight excluding hydrogens is 347 g/mol. The first-order valence-corrected chi connectivity index (χ1v) is 8.64. The van der Waals surface area contributed by atoms with Gasteiger partial charge in [-0.15, -0.1) is 0 Å². The van der Waals surface area contributed by atoms with Gasteiger partial charge in [-0.05, 0) is 36.5 Å². The van der Waals surface area contributed by atoms with E-state index in [2.05, 4.69) is 22.9 Å². The third-order valence-corrected chi connectivity index (χ3v) is 4.92. The number of halogens is 3. The van der Waals surface area contributed by atoms with Gasteiger partial charge in [-0.3, -0.25) is 4.79 Å². The predicted molar refractivity (Wildman–Crippen MR) is 93.9 cm³/mol. The molecule has 26 heavy (non-hydrogen) atoms. The van der Waals surface area contributed by atoms with Crippen molar-refractivity contribution in [3.63, 3.8) is 0 Å². The molecule has 144 valence electrons. The average Bonchev–Trinajstić information content (AvgIpc) is 2.52. The van der Waals surface area contributed by atoms with Crippen LogP contribution in [0.15, 0.2) is 18.2 Å². The number of carbonyl (C=O) groups is 2. The Morgan fingerprint density at radius 3 is 2.42 bits per heavy atom. The molecule has 0 heterocycles. The van der Waals surface area contributed by atoms with E-state index in [-0.39, 0.29) is 23.3 Å². The highest BCUT2D eigenvalue weighted by molar-refractivity contribution is 5.92. The molecule has 1 saturated carbocycles. The maximum atomic E-state index is 13.3. The maximum absolute atomic E-state index is 13.3. The standard InChI is InChI=1S/C18H24F3N3O2/c1-10-5-4-6-15(11(10)2)23-17(26)24-16-8-7-13(22-12(3)25)9-14(16)18(19,20)21/h7-11,15H,4-6H2,1-3H3,(H,22,25)(H2,23,24,26)/t10-,11-,15-/m1/s1. The molecule has 3 N–H and O–H groups in total. The van der Waals surface area contributed by atoms with Crippen molar-refractivity contribution in [3.8, 4) is 0 Å². The topological polar surface area (TPSA) is 70.2 Å². The first kappa shape index (κ1) is 20.1. The van der Waals surface area contributed by atoms with Crippen LogP contribution in [-0.4, -0.2) is 18.0 Å². The smallest absolute Gasteiger partial charge is 0.335 e. The van der Waals surface area contributed by atoms with Crippen molar-refractivity contribution in [1.82, 2.24) is 5.32 Å². The van der Waals surface area contributed by atoms with Gasteiger partial charge in [0, 0.05) is 18.7 Å². The van der Waals surface area contributed by atoms with Gasteiger partial charge in [-0.25, -0.2) is 4.79 Å². The molecule has 0 saturated heterocycles. The molecule has 0 spiro atoms. The number of anilines is 2. The van der Waals surface area contributed by atoms with E-state index in [1.165, 1.54) is 13.0 Å². The van der Waals surface area contributed by atoms with Gasteiger partial charge in [-0.2, -0.15) is 13.2 Å². The van der Waals surface area contributed by atoms with Crippen molar-refractivity contribution in [1.29, 1.82) is 0 Å². The number of carbonyl (C=O) groups excluding carboxylic acids is 2. The van der Waals surface area contributed by atoms with E-state index < -0.39 is 23.7 Å². The Balaban J connectivity index is 2.14. The third kappa shape index (κ3) is 5.12. The van der Waals surface area contributed by atoms with E-state index in [4.69, 9.17) is 0 Å². The van der Waals surface area contributed by atoms with E-state index >= 15 is 0 Å². The van der Waals surface area contributed by atoms with Gasteiger partial charge >= 0.3 is 12.2 Å². The van der Waals surface area contributed by atoms with Crippen LogP contribution in [0.4, 0.5) is 29.3 Å².